The van der Waals surface area contributed by atoms with Gasteiger partial charge in [-0.15, -0.1) is 0 Å². The molecule has 1 aromatic heterocycles. The Balaban J connectivity index is 2.08. The summed E-state index contributed by atoms with van der Waals surface area (Å²) in [6, 6.07) is 8.24. The van der Waals surface area contributed by atoms with Crippen molar-refractivity contribution < 1.29 is 4.74 Å². The van der Waals surface area contributed by atoms with E-state index in [0.29, 0.717) is 4.77 Å². The highest BCUT2D eigenvalue weighted by Crippen LogP contribution is 2.29. The van der Waals surface area contributed by atoms with E-state index >= 15 is 0 Å². The average Bonchev–Trinajstić information content (AvgIpc) is 2.37. The molecule has 0 radical (unpaired) electrons. The van der Waals surface area contributed by atoms with Crippen LogP contribution in [-0.2, 0) is 6.42 Å². The van der Waals surface area contributed by atoms with Crippen molar-refractivity contribution >= 4 is 12.2 Å². The van der Waals surface area contributed by atoms with Gasteiger partial charge >= 0.3 is 0 Å². The van der Waals surface area contributed by atoms with Gasteiger partial charge in [0.1, 0.15) is 5.75 Å². The number of aromatic nitrogens is 2. The predicted octanol–water partition coefficient (Wildman–Crippen LogP) is 3.44. The number of aryl methyl sites for hydroxylation is 2. The molecule has 18 heavy (non-hydrogen) atoms. The smallest absolute Gasteiger partial charge is 0.197 e. The minimum Gasteiger partial charge on any atom is -0.493 e. The van der Waals surface area contributed by atoms with Crippen LogP contribution >= 0.6 is 12.2 Å². The zero-order chi connectivity index (χ0) is 12.5. The first kappa shape index (κ1) is 11.4. The molecule has 0 amide bonds. The van der Waals surface area contributed by atoms with Crippen molar-refractivity contribution in [3.63, 3.8) is 0 Å². The van der Waals surface area contributed by atoms with Crippen molar-refractivity contribution in [3.05, 3.63) is 40.3 Å². The number of benzene rings is 1. The Morgan fingerprint density at radius 1 is 1.33 bits per heavy atom. The molecule has 0 unspecified atom stereocenters. The maximum absolute atomic E-state index is 5.61. The van der Waals surface area contributed by atoms with Crippen LogP contribution in [0.4, 0.5) is 0 Å². The summed E-state index contributed by atoms with van der Waals surface area (Å²) in [7, 11) is 0. The Kier molecular flexibility index (Phi) is 2.88. The van der Waals surface area contributed by atoms with Crippen molar-refractivity contribution in [2.45, 2.75) is 19.8 Å². The van der Waals surface area contributed by atoms with E-state index in [9.17, 15) is 0 Å². The summed E-state index contributed by atoms with van der Waals surface area (Å²) in [5.74, 6) is 1.00. The van der Waals surface area contributed by atoms with Crippen LogP contribution in [0.15, 0.2) is 24.3 Å². The van der Waals surface area contributed by atoms with Gasteiger partial charge in [-0.2, -0.15) is 0 Å². The van der Waals surface area contributed by atoms with Gasteiger partial charge in [0, 0.05) is 11.3 Å². The highest BCUT2D eigenvalue weighted by molar-refractivity contribution is 7.71. The number of fused-ring (bicyclic) bond motifs is 1. The number of ether oxygens (including phenoxy) is 1. The van der Waals surface area contributed by atoms with E-state index in [2.05, 4.69) is 16.0 Å². The molecule has 2 heterocycles. The third kappa shape index (κ3) is 2.16. The second-order valence-corrected chi connectivity index (χ2v) is 4.92. The van der Waals surface area contributed by atoms with Gasteiger partial charge in [0.15, 0.2) is 4.77 Å². The van der Waals surface area contributed by atoms with Gasteiger partial charge in [-0.3, -0.25) is 0 Å². The van der Waals surface area contributed by atoms with Crippen LogP contribution in [0.2, 0.25) is 0 Å². The Labute approximate surface area is 111 Å². The first-order chi connectivity index (χ1) is 8.72. The van der Waals surface area contributed by atoms with Gasteiger partial charge < -0.3 is 9.72 Å². The minimum absolute atomic E-state index is 0.527. The zero-order valence-corrected chi connectivity index (χ0v) is 11.0. The van der Waals surface area contributed by atoms with Gasteiger partial charge in [0.2, 0.25) is 0 Å². The van der Waals surface area contributed by atoms with Gasteiger partial charge in [-0.25, -0.2) is 4.98 Å². The van der Waals surface area contributed by atoms with Crippen LogP contribution in [0, 0.1) is 11.7 Å². The lowest BCUT2D eigenvalue weighted by atomic mass is 10.0. The van der Waals surface area contributed by atoms with Crippen LogP contribution < -0.4 is 4.74 Å². The van der Waals surface area contributed by atoms with Gasteiger partial charge in [-0.05, 0) is 61.8 Å². The van der Waals surface area contributed by atoms with Gasteiger partial charge in [0.05, 0.1) is 12.3 Å². The summed E-state index contributed by atoms with van der Waals surface area (Å²) in [4.78, 5) is 7.39. The van der Waals surface area contributed by atoms with Crippen LogP contribution in [0.3, 0.4) is 0 Å². The molecular formula is C14H14N2OS. The van der Waals surface area contributed by atoms with Crippen LogP contribution in [0.1, 0.15) is 17.7 Å². The van der Waals surface area contributed by atoms with Crippen molar-refractivity contribution in [3.8, 4) is 17.0 Å². The topological polar surface area (TPSA) is 37.9 Å². The summed E-state index contributed by atoms with van der Waals surface area (Å²) < 4.78 is 6.14. The predicted molar refractivity (Wildman–Crippen MR) is 73.4 cm³/mol. The summed E-state index contributed by atoms with van der Waals surface area (Å²) in [5.41, 5.74) is 4.31. The second kappa shape index (κ2) is 4.53. The Hall–Kier alpha value is -1.68. The molecular weight excluding hydrogens is 244 g/mol. The quantitative estimate of drug-likeness (QED) is 0.796. The summed E-state index contributed by atoms with van der Waals surface area (Å²) >= 11 is 5.12. The summed E-state index contributed by atoms with van der Waals surface area (Å²) in [6.45, 7) is 2.81. The number of hydrogen-bond acceptors (Lipinski definition) is 3. The number of rotatable bonds is 1. The molecule has 2 aromatic rings. The first-order valence-electron chi connectivity index (χ1n) is 6.06. The standard InChI is InChI=1S/C14H14N2OS/c1-9-7-12(16-14(18)15-9)10-4-5-13-11(8-10)3-2-6-17-13/h4-5,7-8H,2-3,6H2,1H3,(H,15,16,18). The molecule has 3 rings (SSSR count). The molecule has 3 nitrogen and oxygen atoms in total. The van der Waals surface area contributed by atoms with Gasteiger partial charge in [-0.1, -0.05) is 0 Å². The molecule has 1 N–H and O–H groups in total. The fourth-order valence-electron chi connectivity index (χ4n) is 2.25. The first-order valence-corrected chi connectivity index (χ1v) is 6.47. The highest BCUT2D eigenvalue weighted by atomic mass is 32.1. The van der Waals surface area contributed by atoms with E-state index in [1.807, 2.05) is 25.1 Å². The number of nitrogens with zero attached hydrogens (tertiary/aromatic N) is 1. The lowest BCUT2D eigenvalue weighted by Crippen LogP contribution is -2.08. The molecule has 0 saturated carbocycles. The molecule has 0 fully saturated rings. The van der Waals surface area contributed by atoms with Gasteiger partial charge in [0.25, 0.3) is 0 Å². The highest BCUT2D eigenvalue weighted by Gasteiger charge is 2.11. The molecule has 0 bridgehead atoms. The Bertz CT molecular complexity index is 648. The average molecular weight is 258 g/mol. The van der Waals surface area contributed by atoms with Crippen LogP contribution in [-0.4, -0.2) is 16.6 Å². The third-order valence-corrected chi connectivity index (χ3v) is 3.28. The van der Waals surface area contributed by atoms with Crippen molar-refractivity contribution in [1.82, 2.24) is 9.97 Å². The van der Waals surface area contributed by atoms with Crippen LogP contribution in [0.25, 0.3) is 11.3 Å². The van der Waals surface area contributed by atoms with E-state index in [-0.39, 0.29) is 0 Å². The molecule has 0 spiro atoms. The van der Waals surface area contributed by atoms with Crippen molar-refractivity contribution in [2.75, 3.05) is 6.61 Å². The molecule has 0 atom stereocenters. The number of aromatic amines is 1. The van der Waals surface area contributed by atoms with Crippen molar-refractivity contribution in [2.24, 2.45) is 0 Å². The molecule has 4 heteroatoms. The number of nitrogens with one attached hydrogen (secondary N) is 1. The molecule has 0 aliphatic carbocycles. The molecule has 1 aliphatic heterocycles. The minimum atomic E-state index is 0.527. The summed E-state index contributed by atoms with van der Waals surface area (Å²) in [6.07, 6.45) is 2.15. The van der Waals surface area contributed by atoms with E-state index in [1.165, 1.54) is 5.56 Å². The maximum atomic E-state index is 5.61. The molecule has 1 aromatic carbocycles. The Morgan fingerprint density at radius 3 is 3.06 bits per heavy atom. The number of H-pyrrole nitrogens is 1. The van der Waals surface area contributed by atoms with E-state index < -0.39 is 0 Å². The van der Waals surface area contributed by atoms with E-state index in [0.717, 1.165) is 42.1 Å². The maximum Gasteiger partial charge on any atom is 0.197 e. The lowest BCUT2D eigenvalue weighted by Gasteiger charge is -2.17. The molecule has 0 saturated heterocycles. The third-order valence-electron chi connectivity index (χ3n) is 3.08. The molecule has 92 valence electrons. The lowest BCUT2D eigenvalue weighted by molar-refractivity contribution is 0.288. The van der Waals surface area contributed by atoms with Crippen molar-refractivity contribution in [1.29, 1.82) is 0 Å². The van der Waals surface area contributed by atoms with E-state index in [1.54, 1.807) is 0 Å². The summed E-state index contributed by atoms with van der Waals surface area (Å²) in [5, 5.41) is 0. The molecule has 1 aliphatic rings. The largest absolute Gasteiger partial charge is 0.493 e. The Morgan fingerprint density at radius 2 is 2.22 bits per heavy atom. The number of hydrogen-bond donors (Lipinski definition) is 1. The zero-order valence-electron chi connectivity index (χ0n) is 10.2. The van der Waals surface area contributed by atoms with Crippen LogP contribution in [0.5, 0.6) is 5.75 Å². The fraction of sp³-hybridized carbons (Fsp3) is 0.286. The second-order valence-electron chi connectivity index (χ2n) is 4.53. The van der Waals surface area contributed by atoms with E-state index in [4.69, 9.17) is 17.0 Å². The fourth-order valence-corrected chi connectivity index (χ4v) is 2.51. The monoisotopic (exact) mass is 258 g/mol. The SMILES string of the molecule is Cc1cc(-c2ccc3c(c2)CCCO3)nc(=S)[nH]1. The normalized spacial score (nSPS) is 13.8.